The summed E-state index contributed by atoms with van der Waals surface area (Å²) in [5.74, 6) is 0. The summed E-state index contributed by atoms with van der Waals surface area (Å²) < 4.78 is 2.93. The summed E-state index contributed by atoms with van der Waals surface area (Å²) in [4.78, 5) is 0. The fourth-order valence-corrected chi connectivity index (χ4v) is 2.64. The number of aromatic nitrogens is 2. The van der Waals surface area contributed by atoms with Crippen LogP contribution >= 0.6 is 27.5 Å². The molecular weight excluding hydrogens is 326 g/mol. The van der Waals surface area contributed by atoms with Crippen molar-refractivity contribution >= 4 is 33.2 Å². The highest BCUT2D eigenvalue weighted by atomic mass is 79.9. The van der Waals surface area contributed by atoms with Crippen LogP contribution in [0.5, 0.6) is 0 Å². The SMILES string of the molecule is CCc1cc(CNc2cc(Cl)c(C)cc2Br)n(C)n1. The third-order valence-electron chi connectivity index (χ3n) is 3.10. The van der Waals surface area contributed by atoms with Crippen molar-refractivity contribution in [1.82, 2.24) is 9.78 Å². The van der Waals surface area contributed by atoms with Gasteiger partial charge in [0, 0.05) is 16.5 Å². The summed E-state index contributed by atoms with van der Waals surface area (Å²) in [5, 5.41) is 8.59. The maximum atomic E-state index is 6.15. The van der Waals surface area contributed by atoms with Crippen LogP contribution in [0.1, 0.15) is 23.9 Å². The highest BCUT2D eigenvalue weighted by Crippen LogP contribution is 2.29. The molecule has 3 nitrogen and oxygen atoms in total. The summed E-state index contributed by atoms with van der Waals surface area (Å²) >= 11 is 9.70. The Morgan fingerprint density at radius 3 is 2.74 bits per heavy atom. The van der Waals surface area contributed by atoms with E-state index in [1.807, 2.05) is 30.8 Å². The predicted molar refractivity (Wildman–Crippen MR) is 83.8 cm³/mol. The van der Waals surface area contributed by atoms with Crippen molar-refractivity contribution in [3.63, 3.8) is 0 Å². The maximum Gasteiger partial charge on any atom is 0.0625 e. The molecule has 2 rings (SSSR count). The highest BCUT2D eigenvalue weighted by molar-refractivity contribution is 9.10. The first-order valence-electron chi connectivity index (χ1n) is 6.22. The molecule has 0 aliphatic carbocycles. The van der Waals surface area contributed by atoms with E-state index in [9.17, 15) is 0 Å². The second kappa shape index (κ2) is 5.97. The first-order valence-corrected chi connectivity index (χ1v) is 7.39. The molecule has 1 aromatic carbocycles. The fourth-order valence-electron chi connectivity index (χ4n) is 1.88. The van der Waals surface area contributed by atoms with Gasteiger partial charge < -0.3 is 5.32 Å². The minimum absolute atomic E-state index is 0.724. The van der Waals surface area contributed by atoms with Crippen molar-refractivity contribution in [3.05, 3.63) is 44.6 Å². The van der Waals surface area contributed by atoms with Crippen LogP contribution in [0.2, 0.25) is 5.02 Å². The van der Waals surface area contributed by atoms with Gasteiger partial charge in [-0.2, -0.15) is 5.10 Å². The van der Waals surface area contributed by atoms with Gasteiger partial charge >= 0.3 is 0 Å². The number of rotatable bonds is 4. The lowest BCUT2D eigenvalue weighted by molar-refractivity contribution is 0.707. The smallest absolute Gasteiger partial charge is 0.0625 e. The molecule has 0 fully saturated rings. The monoisotopic (exact) mass is 341 g/mol. The van der Waals surface area contributed by atoms with Crippen molar-refractivity contribution in [2.45, 2.75) is 26.8 Å². The topological polar surface area (TPSA) is 29.9 Å². The Kier molecular flexibility index (Phi) is 4.53. The minimum Gasteiger partial charge on any atom is -0.378 e. The standard InChI is InChI=1S/C14H17BrClN3/c1-4-10-6-11(19(3)18-10)8-17-14-7-13(16)9(2)5-12(14)15/h5-7,17H,4,8H2,1-3H3. The zero-order chi connectivity index (χ0) is 14.0. The van der Waals surface area contributed by atoms with E-state index in [0.717, 1.165) is 45.1 Å². The van der Waals surface area contributed by atoms with Gasteiger partial charge in [0.25, 0.3) is 0 Å². The third kappa shape index (κ3) is 3.31. The molecule has 0 aliphatic rings. The second-order valence-electron chi connectivity index (χ2n) is 4.54. The number of benzene rings is 1. The molecule has 0 radical (unpaired) electrons. The van der Waals surface area contributed by atoms with Crippen LogP contribution in [0.4, 0.5) is 5.69 Å². The normalized spacial score (nSPS) is 10.8. The molecule has 1 heterocycles. The molecule has 0 unspecified atom stereocenters. The van der Waals surface area contributed by atoms with E-state index >= 15 is 0 Å². The van der Waals surface area contributed by atoms with E-state index in [-0.39, 0.29) is 0 Å². The van der Waals surface area contributed by atoms with Crippen LogP contribution in [0.3, 0.4) is 0 Å². The van der Waals surface area contributed by atoms with E-state index < -0.39 is 0 Å². The summed E-state index contributed by atoms with van der Waals surface area (Å²) in [5.41, 5.74) is 4.32. The van der Waals surface area contributed by atoms with Gasteiger partial charge in [-0.05, 0) is 53.0 Å². The molecule has 19 heavy (non-hydrogen) atoms. The summed E-state index contributed by atoms with van der Waals surface area (Å²) in [6.07, 6.45) is 0.952. The molecule has 0 atom stereocenters. The van der Waals surface area contributed by atoms with E-state index in [0.29, 0.717) is 0 Å². The summed E-state index contributed by atoms with van der Waals surface area (Å²) in [6.45, 7) is 4.82. The summed E-state index contributed by atoms with van der Waals surface area (Å²) in [6, 6.07) is 6.08. The van der Waals surface area contributed by atoms with Crippen LogP contribution in [0.15, 0.2) is 22.7 Å². The Bertz CT molecular complexity index is 593. The first kappa shape index (κ1) is 14.4. The van der Waals surface area contributed by atoms with Crippen LogP contribution in [0.25, 0.3) is 0 Å². The third-order valence-corrected chi connectivity index (χ3v) is 4.16. The molecule has 5 heteroatoms. The van der Waals surface area contributed by atoms with E-state index in [1.54, 1.807) is 0 Å². The Morgan fingerprint density at radius 2 is 2.11 bits per heavy atom. The van der Waals surface area contributed by atoms with Crippen molar-refractivity contribution in [1.29, 1.82) is 0 Å². The number of hydrogen-bond donors (Lipinski definition) is 1. The van der Waals surface area contributed by atoms with Crippen molar-refractivity contribution in [2.24, 2.45) is 7.05 Å². The highest BCUT2D eigenvalue weighted by Gasteiger charge is 2.07. The zero-order valence-electron chi connectivity index (χ0n) is 11.3. The molecule has 0 aliphatic heterocycles. The number of anilines is 1. The summed E-state index contributed by atoms with van der Waals surface area (Å²) in [7, 11) is 1.97. The Hall–Kier alpha value is -1.00. The van der Waals surface area contributed by atoms with Crippen LogP contribution < -0.4 is 5.32 Å². The Morgan fingerprint density at radius 1 is 1.37 bits per heavy atom. The van der Waals surface area contributed by atoms with Crippen LogP contribution in [-0.4, -0.2) is 9.78 Å². The Balaban J connectivity index is 2.14. The van der Waals surface area contributed by atoms with Gasteiger partial charge in [0.1, 0.15) is 0 Å². The molecule has 0 bridgehead atoms. The molecule has 1 N–H and O–H groups in total. The zero-order valence-corrected chi connectivity index (χ0v) is 13.6. The largest absolute Gasteiger partial charge is 0.378 e. The average Bonchev–Trinajstić information content (AvgIpc) is 2.73. The first-order chi connectivity index (χ1) is 9.01. The van der Waals surface area contributed by atoms with Crippen LogP contribution in [0, 0.1) is 6.92 Å². The van der Waals surface area contributed by atoms with Crippen molar-refractivity contribution in [2.75, 3.05) is 5.32 Å². The molecule has 2 aromatic rings. The van der Waals surface area contributed by atoms with Gasteiger partial charge in [-0.15, -0.1) is 0 Å². The Labute approximate surface area is 127 Å². The van der Waals surface area contributed by atoms with Gasteiger partial charge in [-0.25, -0.2) is 0 Å². The second-order valence-corrected chi connectivity index (χ2v) is 5.80. The van der Waals surface area contributed by atoms with E-state index in [4.69, 9.17) is 11.6 Å². The number of aryl methyl sites for hydroxylation is 3. The van der Waals surface area contributed by atoms with Gasteiger partial charge in [-0.1, -0.05) is 18.5 Å². The lowest BCUT2D eigenvalue weighted by Gasteiger charge is -2.10. The quantitative estimate of drug-likeness (QED) is 0.897. The van der Waals surface area contributed by atoms with Gasteiger partial charge in [0.15, 0.2) is 0 Å². The molecule has 0 saturated heterocycles. The van der Waals surface area contributed by atoms with Gasteiger partial charge in [0.05, 0.1) is 23.6 Å². The lowest BCUT2D eigenvalue weighted by Crippen LogP contribution is -2.06. The molecule has 0 saturated carbocycles. The minimum atomic E-state index is 0.724. The number of halogens is 2. The number of nitrogens with zero attached hydrogens (tertiary/aromatic N) is 2. The molecule has 1 aromatic heterocycles. The number of nitrogens with one attached hydrogen (secondary N) is 1. The molecule has 0 amide bonds. The predicted octanol–water partition coefficient (Wildman–Crippen LogP) is 4.32. The fraction of sp³-hybridized carbons (Fsp3) is 0.357. The van der Waals surface area contributed by atoms with Crippen LogP contribution in [-0.2, 0) is 20.0 Å². The molecular formula is C14H17BrClN3. The van der Waals surface area contributed by atoms with Crippen molar-refractivity contribution < 1.29 is 0 Å². The maximum absolute atomic E-state index is 6.15. The lowest BCUT2D eigenvalue weighted by atomic mass is 10.2. The van der Waals surface area contributed by atoms with E-state index in [1.165, 1.54) is 0 Å². The van der Waals surface area contributed by atoms with E-state index in [2.05, 4.69) is 39.3 Å². The van der Waals surface area contributed by atoms with Gasteiger partial charge in [0.2, 0.25) is 0 Å². The average molecular weight is 343 g/mol. The molecule has 102 valence electrons. The molecule has 0 spiro atoms. The number of hydrogen-bond acceptors (Lipinski definition) is 2. The van der Waals surface area contributed by atoms with Gasteiger partial charge in [-0.3, -0.25) is 4.68 Å². The van der Waals surface area contributed by atoms with Crippen molar-refractivity contribution in [3.8, 4) is 0 Å².